The lowest BCUT2D eigenvalue weighted by atomic mass is 10.1. The molecule has 0 aromatic heterocycles. The van der Waals surface area contributed by atoms with Crippen molar-refractivity contribution < 1.29 is 10.3 Å². The van der Waals surface area contributed by atoms with Crippen LogP contribution in [0.15, 0.2) is 5.16 Å². The minimum absolute atomic E-state index is 0.0377. The summed E-state index contributed by atoms with van der Waals surface area (Å²) in [5, 5.41) is 21.4. The van der Waals surface area contributed by atoms with Gasteiger partial charge >= 0.3 is 0 Å². The number of β-amino-alcohol motifs (C(OH)–C–C–N with tert-alkyl or cyclic N) is 1. The Balaban J connectivity index is 2.41. The van der Waals surface area contributed by atoms with Gasteiger partial charge in [-0.2, -0.15) is 0 Å². The zero-order valence-corrected chi connectivity index (χ0v) is 10.9. The third kappa shape index (κ3) is 4.49. The van der Waals surface area contributed by atoms with E-state index in [9.17, 15) is 5.11 Å². The maximum atomic E-state index is 9.74. The van der Waals surface area contributed by atoms with Crippen molar-refractivity contribution in [2.75, 3.05) is 32.7 Å². The normalized spacial score (nSPS) is 22.7. The fraction of sp³-hybridized carbons (Fsp3) is 0.909. The second kappa shape index (κ2) is 5.66. The Morgan fingerprint density at radius 2 is 1.88 bits per heavy atom. The highest BCUT2D eigenvalue weighted by Crippen LogP contribution is 2.10. The van der Waals surface area contributed by atoms with Crippen LogP contribution in [0, 0.1) is 0 Å². The fourth-order valence-electron chi connectivity index (χ4n) is 2.13. The molecular formula is C11H24N4O2. The first kappa shape index (κ1) is 14.2. The van der Waals surface area contributed by atoms with Gasteiger partial charge in [-0.05, 0) is 20.8 Å². The molecule has 6 heteroatoms. The van der Waals surface area contributed by atoms with Gasteiger partial charge in [0.05, 0.1) is 11.6 Å². The second-order valence-corrected chi connectivity index (χ2v) is 5.33. The van der Waals surface area contributed by atoms with E-state index in [-0.39, 0.29) is 11.9 Å². The Bertz CT molecular complexity index is 267. The zero-order chi connectivity index (χ0) is 13.1. The van der Waals surface area contributed by atoms with Crippen LogP contribution in [-0.4, -0.2) is 70.3 Å². The summed E-state index contributed by atoms with van der Waals surface area (Å²) in [6.45, 7) is 9.78. The van der Waals surface area contributed by atoms with Crippen LogP contribution in [0.1, 0.15) is 20.8 Å². The number of oxime groups is 1. The first-order chi connectivity index (χ1) is 7.83. The van der Waals surface area contributed by atoms with E-state index >= 15 is 0 Å². The molecule has 1 atom stereocenters. The minimum atomic E-state index is -0.653. The molecule has 0 bridgehead atoms. The molecule has 17 heavy (non-hydrogen) atoms. The number of nitrogens with two attached hydrogens (primary N) is 1. The molecule has 0 radical (unpaired) electrons. The third-order valence-electron chi connectivity index (χ3n) is 3.11. The van der Waals surface area contributed by atoms with Crippen molar-refractivity contribution in [3.63, 3.8) is 0 Å². The number of piperazine rings is 1. The van der Waals surface area contributed by atoms with Gasteiger partial charge in [0.2, 0.25) is 0 Å². The van der Waals surface area contributed by atoms with E-state index in [4.69, 9.17) is 10.9 Å². The standard InChI is InChI=1S/C11H24N4O2/c1-9(10(12)13-17)15-6-4-14(5-7-15)8-11(2,3)16/h9,16-17H,4-8H2,1-3H3,(H2,12,13). The van der Waals surface area contributed by atoms with E-state index in [2.05, 4.69) is 15.0 Å². The van der Waals surface area contributed by atoms with Crippen LogP contribution < -0.4 is 5.73 Å². The first-order valence-electron chi connectivity index (χ1n) is 5.99. The van der Waals surface area contributed by atoms with Crippen molar-refractivity contribution in [1.82, 2.24) is 9.80 Å². The van der Waals surface area contributed by atoms with Crippen molar-refractivity contribution in [3.05, 3.63) is 0 Å². The predicted octanol–water partition coefficient (Wildman–Crippen LogP) is -0.490. The molecule has 0 aromatic rings. The zero-order valence-electron chi connectivity index (χ0n) is 10.9. The van der Waals surface area contributed by atoms with Gasteiger partial charge in [0.1, 0.15) is 0 Å². The topological polar surface area (TPSA) is 85.3 Å². The molecule has 1 heterocycles. The molecular weight excluding hydrogens is 220 g/mol. The molecule has 6 nitrogen and oxygen atoms in total. The monoisotopic (exact) mass is 244 g/mol. The molecule has 0 aliphatic carbocycles. The minimum Gasteiger partial charge on any atom is -0.409 e. The lowest BCUT2D eigenvalue weighted by Crippen LogP contribution is -2.55. The summed E-state index contributed by atoms with van der Waals surface area (Å²) in [7, 11) is 0. The van der Waals surface area contributed by atoms with Gasteiger partial charge in [-0.25, -0.2) is 0 Å². The van der Waals surface area contributed by atoms with E-state index in [1.165, 1.54) is 0 Å². The highest BCUT2D eigenvalue weighted by Gasteiger charge is 2.26. The molecule has 1 unspecified atom stereocenters. The molecule has 0 aromatic carbocycles. The number of nitrogens with zero attached hydrogens (tertiary/aromatic N) is 3. The largest absolute Gasteiger partial charge is 0.409 e. The highest BCUT2D eigenvalue weighted by molar-refractivity contribution is 5.84. The summed E-state index contributed by atoms with van der Waals surface area (Å²) in [6, 6.07) is -0.0377. The fourth-order valence-corrected chi connectivity index (χ4v) is 2.13. The molecule has 1 fully saturated rings. The lowest BCUT2D eigenvalue weighted by molar-refractivity contribution is 0.0158. The molecule has 0 amide bonds. The highest BCUT2D eigenvalue weighted by atomic mass is 16.4. The third-order valence-corrected chi connectivity index (χ3v) is 3.11. The van der Waals surface area contributed by atoms with E-state index in [1.54, 1.807) is 0 Å². The molecule has 0 saturated carbocycles. The average Bonchev–Trinajstić information content (AvgIpc) is 2.26. The van der Waals surface area contributed by atoms with Crippen molar-refractivity contribution in [1.29, 1.82) is 0 Å². The van der Waals surface area contributed by atoms with Crippen LogP contribution in [0.2, 0.25) is 0 Å². The summed E-state index contributed by atoms with van der Waals surface area (Å²) in [5.41, 5.74) is 4.94. The molecule has 1 aliphatic heterocycles. The molecule has 100 valence electrons. The smallest absolute Gasteiger partial charge is 0.156 e. The predicted molar refractivity (Wildman–Crippen MR) is 67.2 cm³/mol. The first-order valence-corrected chi connectivity index (χ1v) is 5.99. The van der Waals surface area contributed by atoms with Crippen molar-refractivity contribution >= 4 is 5.84 Å². The molecule has 0 spiro atoms. The lowest BCUT2D eigenvalue weighted by Gasteiger charge is -2.39. The van der Waals surface area contributed by atoms with Crippen LogP contribution in [-0.2, 0) is 0 Å². The van der Waals surface area contributed by atoms with Gasteiger partial charge in [0.25, 0.3) is 0 Å². The van der Waals surface area contributed by atoms with E-state index < -0.39 is 5.60 Å². The maximum absolute atomic E-state index is 9.74. The Kier molecular flexibility index (Phi) is 4.73. The van der Waals surface area contributed by atoms with Gasteiger partial charge in [-0.15, -0.1) is 0 Å². The summed E-state index contributed by atoms with van der Waals surface area (Å²) >= 11 is 0. The number of aliphatic hydroxyl groups is 1. The van der Waals surface area contributed by atoms with Gasteiger partial charge in [-0.1, -0.05) is 5.16 Å². The maximum Gasteiger partial charge on any atom is 0.156 e. The number of hydrogen-bond acceptors (Lipinski definition) is 5. The number of rotatable bonds is 4. The summed E-state index contributed by atoms with van der Waals surface area (Å²) in [4.78, 5) is 4.41. The van der Waals surface area contributed by atoms with Crippen molar-refractivity contribution in [2.24, 2.45) is 10.9 Å². The Labute approximate surface area is 103 Å². The SMILES string of the molecule is CC(C(N)=NO)N1CCN(CC(C)(C)O)CC1. The molecule has 1 saturated heterocycles. The van der Waals surface area contributed by atoms with Gasteiger partial charge in [0, 0.05) is 32.7 Å². The van der Waals surface area contributed by atoms with Crippen LogP contribution >= 0.6 is 0 Å². The number of amidine groups is 1. The van der Waals surface area contributed by atoms with Crippen LogP contribution in [0.25, 0.3) is 0 Å². The van der Waals surface area contributed by atoms with Crippen molar-refractivity contribution in [2.45, 2.75) is 32.4 Å². The van der Waals surface area contributed by atoms with Crippen LogP contribution in [0.3, 0.4) is 0 Å². The molecule has 1 aliphatic rings. The van der Waals surface area contributed by atoms with E-state index in [1.807, 2.05) is 20.8 Å². The molecule has 1 rings (SSSR count). The van der Waals surface area contributed by atoms with Gasteiger partial charge < -0.3 is 16.0 Å². The summed E-state index contributed by atoms with van der Waals surface area (Å²) in [6.07, 6.45) is 0. The van der Waals surface area contributed by atoms with Crippen LogP contribution in [0.4, 0.5) is 0 Å². The van der Waals surface area contributed by atoms with Crippen LogP contribution in [0.5, 0.6) is 0 Å². The molecule has 4 N–H and O–H groups in total. The Morgan fingerprint density at radius 3 is 2.29 bits per heavy atom. The van der Waals surface area contributed by atoms with Gasteiger partial charge in [0.15, 0.2) is 5.84 Å². The second-order valence-electron chi connectivity index (χ2n) is 5.33. The quantitative estimate of drug-likeness (QED) is 0.269. The van der Waals surface area contributed by atoms with E-state index in [0.717, 1.165) is 26.2 Å². The van der Waals surface area contributed by atoms with Crippen molar-refractivity contribution in [3.8, 4) is 0 Å². The average molecular weight is 244 g/mol. The summed E-state index contributed by atoms with van der Waals surface area (Å²) < 4.78 is 0. The summed E-state index contributed by atoms with van der Waals surface area (Å²) in [5.74, 6) is 0.251. The number of hydrogen-bond donors (Lipinski definition) is 3. The van der Waals surface area contributed by atoms with E-state index in [0.29, 0.717) is 6.54 Å². The Hall–Kier alpha value is -0.850. The Morgan fingerprint density at radius 1 is 1.35 bits per heavy atom. The van der Waals surface area contributed by atoms with Gasteiger partial charge in [-0.3, -0.25) is 9.80 Å².